The van der Waals surface area contributed by atoms with E-state index in [0.717, 1.165) is 33.4 Å². The highest BCUT2D eigenvalue weighted by Crippen LogP contribution is 2.27. The molecule has 1 N–H and O–H groups in total. The molecule has 22 heavy (non-hydrogen) atoms. The summed E-state index contributed by atoms with van der Waals surface area (Å²) in [6.45, 7) is 6.11. The molecule has 0 aliphatic heterocycles. The van der Waals surface area contributed by atoms with Gasteiger partial charge in [-0.3, -0.25) is 4.68 Å². The second-order valence-electron chi connectivity index (χ2n) is 5.56. The summed E-state index contributed by atoms with van der Waals surface area (Å²) in [7, 11) is 0. The number of fused-ring (bicyclic) bond motifs is 1. The number of benzene rings is 1. The number of aryl methyl sites for hydroxylation is 3. The van der Waals surface area contributed by atoms with E-state index in [1.54, 1.807) is 23.7 Å². The number of aliphatic hydroxyl groups excluding tert-OH is 1. The molecule has 4 nitrogen and oxygen atoms in total. The average molecular weight is 299 g/mol. The molecule has 0 fully saturated rings. The molecule has 3 aromatic rings. The summed E-state index contributed by atoms with van der Waals surface area (Å²) in [6, 6.07) is 5.26. The Morgan fingerprint density at radius 2 is 1.91 bits per heavy atom. The minimum Gasteiger partial charge on any atom is -0.394 e. The van der Waals surface area contributed by atoms with Crippen LogP contribution in [-0.4, -0.2) is 26.5 Å². The van der Waals surface area contributed by atoms with E-state index in [1.165, 1.54) is 0 Å². The van der Waals surface area contributed by atoms with Crippen LogP contribution in [0.5, 0.6) is 0 Å². The van der Waals surface area contributed by atoms with Crippen molar-refractivity contribution in [2.75, 3.05) is 6.61 Å². The Labute approximate surface area is 128 Å². The lowest BCUT2D eigenvalue weighted by molar-refractivity contribution is 0.269. The summed E-state index contributed by atoms with van der Waals surface area (Å²) < 4.78 is 15.4. The largest absolute Gasteiger partial charge is 0.394 e. The van der Waals surface area contributed by atoms with Crippen molar-refractivity contribution in [3.8, 4) is 11.3 Å². The van der Waals surface area contributed by atoms with Gasteiger partial charge in [0.15, 0.2) is 0 Å². The smallest absolute Gasteiger partial charge is 0.126 e. The number of aromatic nitrogens is 3. The summed E-state index contributed by atoms with van der Waals surface area (Å²) >= 11 is 0. The molecule has 0 radical (unpaired) electrons. The fourth-order valence-electron chi connectivity index (χ4n) is 2.64. The zero-order chi connectivity index (χ0) is 15.9. The van der Waals surface area contributed by atoms with E-state index in [1.807, 2.05) is 26.1 Å². The van der Waals surface area contributed by atoms with Crippen molar-refractivity contribution in [1.82, 2.24) is 14.8 Å². The van der Waals surface area contributed by atoms with Crippen molar-refractivity contribution < 1.29 is 9.50 Å². The Hall–Kier alpha value is -2.27. The van der Waals surface area contributed by atoms with Crippen LogP contribution in [0.3, 0.4) is 0 Å². The van der Waals surface area contributed by atoms with Crippen molar-refractivity contribution in [2.24, 2.45) is 0 Å². The maximum atomic E-state index is 13.7. The molecule has 5 heteroatoms. The maximum absolute atomic E-state index is 13.7. The summed E-state index contributed by atoms with van der Waals surface area (Å²) in [4.78, 5) is 4.66. The predicted octanol–water partition coefficient (Wildman–Crippen LogP) is 3.15. The van der Waals surface area contributed by atoms with Crippen LogP contribution in [0.2, 0.25) is 0 Å². The fourth-order valence-corrected chi connectivity index (χ4v) is 2.64. The summed E-state index contributed by atoms with van der Waals surface area (Å²) in [5.41, 5.74) is 4.96. The van der Waals surface area contributed by atoms with Crippen LogP contribution in [0, 0.1) is 26.6 Å². The number of hydrogen-bond acceptors (Lipinski definition) is 3. The Morgan fingerprint density at radius 1 is 1.14 bits per heavy atom. The van der Waals surface area contributed by atoms with Crippen molar-refractivity contribution in [1.29, 1.82) is 0 Å². The third-order valence-corrected chi connectivity index (χ3v) is 3.85. The van der Waals surface area contributed by atoms with Crippen molar-refractivity contribution in [3.05, 3.63) is 47.0 Å². The van der Waals surface area contributed by atoms with E-state index in [2.05, 4.69) is 10.1 Å². The Morgan fingerprint density at radius 3 is 2.64 bits per heavy atom. The van der Waals surface area contributed by atoms with Gasteiger partial charge in [0, 0.05) is 17.1 Å². The molecule has 2 heterocycles. The van der Waals surface area contributed by atoms with Gasteiger partial charge in [-0.25, -0.2) is 9.37 Å². The quantitative estimate of drug-likeness (QED) is 0.808. The highest BCUT2D eigenvalue weighted by molar-refractivity contribution is 5.85. The molecule has 0 saturated carbocycles. The number of aliphatic hydroxyl groups is 1. The molecule has 0 unspecified atom stereocenters. The van der Waals surface area contributed by atoms with Crippen LogP contribution in [0.1, 0.15) is 16.8 Å². The normalized spacial score (nSPS) is 11.3. The van der Waals surface area contributed by atoms with Crippen LogP contribution in [0.4, 0.5) is 4.39 Å². The molecule has 2 aromatic heterocycles. The van der Waals surface area contributed by atoms with Gasteiger partial charge in [0.25, 0.3) is 0 Å². The van der Waals surface area contributed by atoms with Gasteiger partial charge in [-0.1, -0.05) is 0 Å². The Bertz CT molecular complexity index is 855. The van der Waals surface area contributed by atoms with Gasteiger partial charge in [-0.15, -0.1) is 0 Å². The minimum atomic E-state index is -0.211. The second kappa shape index (κ2) is 5.50. The van der Waals surface area contributed by atoms with Crippen LogP contribution in [0.25, 0.3) is 22.2 Å². The molecule has 1 aromatic carbocycles. The fraction of sp³-hybridized carbons (Fsp3) is 0.294. The number of nitrogens with zero attached hydrogens (tertiary/aromatic N) is 3. The summed E-state index contributed by atoms with van der Waals surface area (Å²) in [5.74, 6) is -0.211. The second-order valence-corrected chi connectivity index (χ2v) is 5.56. The number of hydrogen-bond donors (Lipinski definition) is 1. The van der Waals surface area contributed by atoms with Gasteiger partial charge in [0.2, 0.25) is 0 Å². The van der Waals surface area contributed by atoms with Gasteiger partial charge in [0.1, 0.15) is 5.82 Å². The zero-order valence-corrected chi connectivity index (χ0v) is 12.9. The van der Waals surface area contributed by atoms with Crippen molar-refractivity contribution >= 4 is 10.9 Å². The highest BCUT2D eigenvalue weighted by atomic mass is 19.1. The first-order valence-corrected chi connectivity index (χ1v) is 7.22. The summed E-state index contributed by atoms with van der Waals surface area (Å²) in [6.07, 6.45) is 1.88. The summed E-state index contributed by atoms with van der Waals surface area (Å²) in [5, 5.41) is 14.2. The Balaban J connectivity index is 2.17. The van der Waals surface area contributed by atoms with E-state index in [0.29, 0.717) is 12.1 Å². The lowest BCUT2D eigenvalue weighted by Crippen LogP contribution is -2.02. The molecule has 0 aliphatic carbocycles. The molecular formula is C17H18FN3O. The molecule has 0 aliphatic rings. The first-order valence-electron chi connectivity index (χ1n) is 7.22. The van der Waals surface area contributed by atoms with Crippen LogP contribution < -0.4 is 0 Å². The topological polar surface area (TPSA) is 50.9 Å². The van der Waals surface area contributed by atoms with Gasteiger partial charge < -0.3 is 5.11 Å². The van der Waals surface area contributed by atoms with Gasteiger partial charge in [-0.05, 0) is 50.1 Å². The average Bonchev–Trinajstić information content (AvgIpc) is 2.82. The number of halogens is 1. The molecule has 114 valence electrons. The van der Waals surface area contributed by atoms with E-state index >= 15 is 0 Å². The number of rotatable bonds is 3. The molecule has 0 bridgehead atoms. The standard InChI is InChI=1S/C17H18FN3O/c1-10-6-17(14-9-21(4-5-22)20-12(14)3)19-16-7-11(2)15(18)8-13(10)16/h6-9,22H,4-5H2,1-3H3. The third kappa shape index (κ3) is 2.48. The molecular weight excluding hydrogens is 281 g/mol. The molecule has 0 amide bonds. The van der Waals surface area contributed by atoms with E-state index in [-0.39, 0.29) is 12.4 Å². The number of pyridine rings is 1. The SMILES string of the molecule is Cc1cc2nc(-c3cn(CCO)nc3C)cc(C)c2cc1F. The molecule has 3 rings (SSSR count). The van der Waals surface area contributed by atoms with Gasteiger partial charge >= 0.3 is 0 Å². The van der Waals surface area contributed by atoms with Gasteiger partial charge in [-0.2, -0.15) is 5.10 Å². The molecule has 0 atom stereocenters. The van der Waals surface area contributed by atoms with Crippen LogP contribution in [0.15, 0.2) is 24.4 Å². The molecule has 0 spiro atoms. The zero-order valence-electron chi connectivity index (χ0n) is 12.9. The first-order chi connectivity index (χ1) is 10.5. The monoisotopic (exact) mass is 299 g/mol. The molecule has 0 saturated heterocycles. The Kier molecular flexibility index (Phi) is 3.66. The van der Waals surface area contributed by atoms with E-state index < -0.39 is 0 Å². The van der Waals surface area contributed by atoms with E-state index in [9.17, 15) is 4.39 Å². The van der Waals surface area contributed by atoms with Crippen LogP contribution >= 0.6 is 0 Å². The third-order valence-electron chi connectivity index (χ3n) is 3.85. The van der Waals surface area contributed by atoms with Crippen molar-refractivity contribution in [3.63, 3.8) is 0 Å². The lowest BCUT2D eigenvalue weighted by Gasteiger charge is -2.07. The first kappa shape index (κ1) is 14.7. The predicted molar refractivity (Wildman–Crippen MR) is 84.2 cm³/mol. The van der Waals surface area contributed by atoms with Crippen LogP contribution in [-0.2, 0) is 6.54 Å². The maximum Gasteiger partial charge on any atom is 0.126 e. The van der Waals surface area contributed by atoms with Gasteiger partial charge in [0.05, 0.1) is 30.1 Å². The van der Waals surface area contributed by atoms with Crippen molar-refractivity contribution in [2.45, 2.75) is 27.3 Å². The minimum absolute atomic E-state index is 0.0448. The lowest BCUT2D eigenvalue weighted by atomic mass is 10.0. The highest BCUT2D eigenvalue weighted by Gasteiger charge is 2.12. The van der Waals surface area contributed by atoms with E-state index in [4.69, 9.17) is 5.11 Å².